The summed E-state index contributed by atoms with van der Waals surface area (Å²) >= 11 is 1.57. The number of aliphatic imine (C=N–C) groups is 1. The minimum absolute atomic E-state index is 0.00153. The molecule has 5 N–H and O–H groups in total. The number of likely N-dealkylation sites (N-methyl/N-ethyl adjacent to an activating group) is 1. The minimum Gasteiger partial charge on any atom is -0.381 e. The lowest BCUT2D eigenvalue weighted by molar-refractivity contribution is -0.138. The highest BCUT2D eigenvalue weighted by Crippen LogP contribution is 2.41. The van der Waals surface area contributed by atoms with E-state index in [1.165, 1.54) is 29.3 Å². The van der Waals surface area contributed by atoms with Crippen molar-refractivity contribution >= 4 is 57.9 Å². The fourth-order valence-electron chi connectivity index (χ4n) is 11.8. The summed E-state index contributed by atoms with van der Waals surface area (Å²) in [6.45, 7) is 8.12. The molecule has 2 bridgehead atoms. The monoisotopic (exact) mass is 1100 g/mol. The van der Waals surface area contributed by atoms with E-state index < -0.39 is 23.9 Å². The smallest absolute Gasteiger partial charge is 0.254 e. The first kappa shape index (κ1) is 56.9. The van der Waals surface area contributed by atoms with Gasteiger partial charge in [-0.2, -0.15) is 10.4 Å². The highest BCUT2D eigenvalue weighted by Gasteiger charge is 2.43. The van der Waals surface area contributed by atoms with E-state index in [4.69, 9.17) is 20.8 Å². The van der Waals surface area contributed by atoms with E-state index in [1.807, 2.05) is 41.0 Å². The van der Waals surface area contributed by atoms with Crippen molar-refractivity contribution in [2.45, 2.75) is 141 Å². The molecule has 4 aromatic rings. The fourth-order valence-corrected chi connectivity index (χ4v) is 13.0. The molecule has 79 heavy (non-hydrogen) atoms. The van der Waals surface area contributed by atoms with Crippen molar-refractivity contribution in [1.29, 1.82) is 5.26 Å². The number of nitrogens with two attached hydrogens (primary N) is 1. The highest BCUT2D eigenvalue weighted by atomic mass is 32.2. The van der Waals surface area contributed by atoms with Gasteiger partial charge in [0.25, 0.3) is 5.91 Å². The second kappa shape index (κ2) is 26.0. The number of hydrogen-bond donors (Lipinski definition) is 4. The number of rotatable bonds is 20. The highest BCUT2D eigenvalue weighted by molar-refractivity contribution is 8.14. The van der Waals surface area contributed by atoms with Crippen LogP contribution in [-0.4, -0.2) is 152 Å². The van der Waals surface area contributed by atoms with Gasteiger partial charge in [0.05, 0.1) is 59.4 Å². The van der Waals surface area contributed by atoms with Crippen molar-refractivity contribution < 1.29 is 28.4 Å². The zero-order valence-electron chi connectivity index (χ0n) is 46.0. The van der Waals surface area contributed by atoms with Gasteiger partial charge in [0.2, 0.25) is 17.7 Å². The van der Waals surface area contributed by atoms with Gasteiger partial charge in [-0.3, -0.25) is 33.6 Å². The Balaban J connectivity index is 0.711. The van der Waals surface area contributed by atoms with Crippen molar-refractivity contribution in [3.05, 3.63) is 88.1 Å². The fraction of sp³-hybridized carbons (Fsp3) is 0.552. The molecular weight excluding hydrogens is 1020 g/mol. The largest absolute Gasteiger partial charge is 0.381 e. The van der Waals surface area contributed by atoms with Crippen LogP contribution >= 0.6 is 11.8 Å². The summed E-state index contributed by atoms with van der Waals surface area (Å²) in [5.74, 6) is 0.0698. The van der Waals surface area contributed by atoms with E-state index in [0.717, 1.165) is 101 Å². The number of aromatic nitrogens is 4. The summed E-state index contributed by atoms with van der Waals surface area (Å²) in [5, 5.41) is 25.3. The molecule has 420 valence electrons. The number of halogens is 1. The summed E-state index contributed by atoms with van der Waals surface area (Å²) in [5.41, 5.74) is 10.6. The van der Waals surface area contributed by atoms with Gasteiger partial charge in [-0.25, -0.2) is 14.4 Å². The third-order valence-corrected chi connectivity index (χ3v) is 17.6. The molecule has 5 aliphatic rings. The molecule has 0 aliphatic carbocycles. The van der Waals surface area contributed by atoms with Crippen LogP contribution in [-0.2, 0) is 27.5 Å². The predicted molar refractivity (Wildman–Crippen MR) is 303 cm³/mol. The van der Waals surface area contributed by atoms with Crippen LogP contribution in [0, 0.1) is 30.0 Å². The van der Waals surface area contributed by atoms with E-state index in [2.05, 4.69) is 31.9 Å². The zero-order valence-corrected chi connectivity index (χ0v) is 46.8. The van der Waals surface area contributed by atoms with Crippen molar-refractivity contribution in [2.75, 3.05) is 69.8 Å². The van der Waals surface area contributed by atoms with Gasteiger partial charge in [-0.15, -0.1) is 11.8 Å². The molecule has 3 saturated heterocycles. The maximum Gasteiger partial charge on any atom is 0.254 e. The number of fused-ring (bicyclic) bond motifs is 8. The molecular formula is C58H75FN14O5S. The number of amides is 4. The molecule has 1 unspecified atom stereocenters. The molecule has 21 heteroatoms. The van der Waals surface area contributed by atoms with E-state index in [0.29, 0.717) is 71.1 Å². The van der Waals surface area contributed by atoms with Gasteiger partial charge in [0.1, 0.15) is 29.7 Å². The number of nitrogens with zero attached hydrogens (tertiary/aromatic N) is 10. The van der Waals surface area contributed by atoms with Crippen LogP contribution in [0.15, 0.2) is 53.7 Å². The van der Waals surface area contributed by atoms with Gasteiger partial charge >= 0.3 is 0 Å². The Morgan fingerprint density at radius 2 is 1.67 bits per heavy atom. The number of nitrogen functional groups attached to an aromatic ring is 1. The Morgan fingerprint density at radius 3 is 2.43 bits per heavy atom. The molecule has 5 aliphatic heterocycles. The van der Waals surface area contributed by atoms with E-state index in [-0.39, 0.29) is 78.6 Å². The first-order valence-corrected chi connectivity index (χ1v) is 29.2. The number of benzene rings is 2. The lowest BCUT2D eigenvalue weighted by Gasteiger charge is -2.38. The number of nitriles is 1. The number of likely N-dealkylation sites (tertiary alicyclic amines) is 2. The number of carbonyl (C=O) groups is 5. The molecule has 5 atom stereocenters. The maximum absolute atomic E-state index is 14.7. The molecule has 2 aromatic carbocycles. The molecule has 3 fully saturated rings. The molecule has 9 rings (SSSR count). The van der Waals surface area contributed by atoms with Crippen LogP contribution in [0.1, 0.15) is 140 Å². The Kier molecular flexibility index (Phi) is 18.7. The molecule has 0 radical (unpaired) electrons. The normalized spacial score (nSPS) is 20.3. The van der Waals surface area contributed by atoms with Crippen molar-refractivity contribution in [3.8, 4) is 17.3 Å². The first-order valence-electron chi connectivity index (χ1n) is 28.3. The van der Waals surface area contributed by atoms with Crippen LogP contribution in [0.5, 0.6) is 0 Å². The Morgan fingerprint density at radius 1 is 0.937 bits per heavy atom. The second-order valence-electron chi connectivity index (χ2n) is 21.8. The molecule has 2 aromatic heterocycles. The van der Waals surface area contributed by atoms with Gasteiger partial charge in [0, 0.05) is 50.0 Å². The van der Waals surface area contributed by atoms with E-state index in [9.17, 15) is 33.6 Å². The third-order valence-electron chi connectivity index (χ3n) is 16.4. The average Bonchev–Trinajstić information content (AvgIpc) is 4.36. The van der Waals surface area contributed by atoms with Crippen LogP contribution in [0.25, 0.3) is 11.3 Å². The Bertz CT molecular complexity index is 2950. The van der Waals surface area contributed by atoms with Crippen molar-refractivity contribution in [1.82, 2.24) is 50.4 Å². The SMILES string of the molecule is CN[C@H](C)C(=O)N[C@@H](C(=O)N1CCC[C@@H]1C1=NC(C(=O)c2ccc(C)cc2)CS1)C1CCN(CCCCCCCCC(=O)NCCn2nc3c(c2C#N)-c2cnc(N)c(n2)N2CCC[C@@H]2c2cc(F)ccc2C(=O)N(C)C3)CC1. The van der Waals surface area contributed by atoms with Crippen molar-refractivity contribution in [3.63, 3.8) is 0 Å². The first-order chi connectivity index (χ1) is 38.2. The number of unbranched alkanes of at least 4 members (excludes halogenated alkanes) is 5. The topological polar surface area (TPSA) is 240 Å². The number of thioether (sulfide) groups is 1. The lowest BCUT2D eigenvalue weighted by Crippen LogP contribution is -2.58. The summed E-state index contributed by atoms with van der Waals surface area (Å²) < 4.78 is 16.3. The van der Waals surface area contributed by atoms with Crippen LogP contribution in [0.4, 0.5) is 16.0 Å². The standard InChI is InChI=1S/C58H75FN14O5S/c1-36-16-18-39(19-17-36)52(75)45-35-79-56(66-45)47-14-12-27-72(47)58(78)51(67-55(76)37(2)62-3)38-22-28-70(29-23-38)25-10-8-6-5-7-9-15-49(74)63-24-30-73-48(32-60)50-43-33-64-53(61)54(65-43)71-26-11-13-46(71)42-31-40(59)20-21-41(42)57(77)69(4)34-44(50)68-73/h16-21,31,33,37-38,45-47,51,62H,5-15,22-30,34-35H2,1-4H3,(H2,61,64)(H,63,74)(H,67,76)/t37-,45?,46-,47-,51-/m1/s1. The summed E-state index contributed by atoms with van der Waals surface area (Å²) in [7, 11) is 3.39. The number of ketones is 1. The number of carbonyl (C=O) groups excluding carboxylic acids is 5. The van der Waals surface area contributed by atoms with Gasteiger partial charge in [-0.1, -0.05) is 55.5 Å². The number of Topliss-reactive ketones (excluding diaryl/α,β-unsaturated/α-hetero) is 1. The number of hydrogen-bond acceptors (Lipinski definition) is 15. The predicted octanol–water partition coefficient (Wildman–Crippen LogP) is 6.21. The average molecular weight is 1100 g/mol. The van der Waals surface area contributed by atoms with Gasteiger partial charge in [-0.05, 0) is 122 Å². The van der Waals surface area contributed by atoms with Crippen LogP contribution in [0.2, 0.25) is 0 Å². The lowest BCUT2D eigenvalue weighted by atomic mass is 9.88. The van der Waals surface area contributed by atoms with Crippen LogP contribution in [0.3, 0.4) is 0 Å². The number of nitrogens with one attached hydrogen (secondary N) is 3. The summed E-state index contributed by atoms with van der Waals surface area (Å²) in [4.78, 5) is 90.4. The number of aryl methyl sites for hydroxylation is 1. The molecule has 4 amide bonds. The molecule has 0 spiro atoms. The quantitative estimate of drug-likeness (QED) is 0.0569. The summed E-state index contributed by atoms with van der Waals surface area (Å²) in [6.07, 6.45) is 12.5. The molecule has 19 nitrogen and oxygen atoms in total. The number of piperidine rings is 1. The van der Waals surface area contributed by atoms with E-state index in [1.54, 1.807) is 37.5 Å². The van der Waals surface area contributed by atoms with Crippen molar-refractivity contribution in [2.24, 2.45) is 10.9 Å². The van der Waals surface area contributed by atoms with Gasteiger partial charge < -0.3 is 41.3 Å². The Labute approximate surface area is 466 Å². The third kappa shape index (κ3) is 13.1. The van der Waals surface area contributed by atoms with Crippen LogP contribution < -0.4 is 26.6 Å². The number of anilines is 2. The molecule has 7 heterocycles. The minimum atomic E-state index is -0.640. The van der Waals surface area contributed by atoms with E-state index >= 15 is 0 Å². The Hall–Kier alpha value is -6.76. The maximum atomic E-state index is 14.7. The van der Waals surface area contributed by atoms with Gasteiger partial charge in [0.15, 0.2) is 17.4 Å². The second-order valence-corrected chi connectivity index (χ2v) is 22.9. The zero-order chi connectivity index (χ0) is 55.7. The summed E-state index contributed by atoms with van der Waals surface area (Å²) in [6, 6.07) is 12.0. The molecule has 0 saturated carbocycles.